The second-order valence-corrected chi connectivity index (χ2v) is 2.81. The third kappa shape index (κ3) is 1.24. The molecule has 10 heavy (non-hydrogen) atoms. The lowest BCUT2D eigenvalue weighted by molar-refractivity contribution is -0.709. The smallest absolute Gasteiger partial charge is 0.281 e. The highest BCUT2D eigenvalue weighted by molar-refractivity contribution is 7.98. The van der Waals surface area contributed by atoms with E-state index < -0.39 is 0 Å². The molecule has 0 saturated carbocycles. The van der Waals surface area contributed by atoms with Gasteiger partial charge in [-0.3, -0.25) is 0 Å². The Morgan fingerprint density at radius 1 is 1.60 bits per heavy atom. The summed E-state index contributed by atoms with van der Waals surface area (Å²) < 4.78 is 1.89. The van der Waals surface area contributed by atoms with Gasteiger partial charge in [0, 0.05) is 6.07 Å². The fraction of sp³-hybridized carbons (Fsp3) is 0.286. The van der Waals surface area contributed by atoms with Gasteiger partial charge in [0.25, 0.3) is 5.03 Å². The summed E-state index contributed by atoms with van der Waals surface area (Å²) in [6.07, 6.45) is 3.85. The SMILES string of the molecule is CSc1c(O)ccc[n+]1C. The zero-order valence-corrected chi connectivity index (χ0v) is 6.85. The summed E-state index contributed by atoms with van der Waals surface area (Å²) in [7, 11) is 1.91. The van der Waals surface area contributed by atoms with E-state index in [1.807, 2.05) is 30.1 Å². The topological polar surface area (TPSA) is 24.1 Å². The molecule has 2 nitrogen and oxygen atoms in total. The van der Waals surface area contributed by atoms with Gasteiger partial charge in [0.15, 0.2) is 11.9 Å². The van der Waals surface area contributed by atoms with Crippen molar-refractivity contribution < 1.29 is 9.67 Å². The summed E-state index contributed by atoms with van der Waals surface area (Å²) in [5.41, 5.74) is 0. The van der Waals surface area contributed by atoms with Gasteiger partial charge in [-0.1, -0.05) is 11.8 Å². The summed E-state index contributed by atoms with van der Waals surface area (Å²) in [4.78, 5) is 0. The molecule has 0 aliphatic heterocycles. The van der Waals surface area contributed by atoms with Crippen molar-refractivity contribution in [3.05, 3.63) is 18.3 Å². The molecule has 0 atom stereocenters. The number of aryl methyl sites for hydroxylation is 1. The van der Waals surface area contributed by atoms with Crippen molar-refractivity contribution >= 4 is 11.8 Å². The van der Waals surface area contributed by atoms with E-state index in [2.05, 4.69) is 0 Å². The largest absolute Gasteiger partial charge is 0.502 e. The van der Waals surface area contributed by atoms with Gasteiger partial charge in [-0.2, -0.15) is 4.57 Å². The van der Waals surface area contributed by atoms with Crippen LogP contribution in [0.5, 0.6) is 5.75 Å². The molecule has 0 aliphatic carbocycles. The van der Waals surface area contributed by atoms with E-state index in [0.717, 1.165) is 5.03 Å². The molecule has 0 amide bonds. The molecule has 1 heterocycles. The van der Waals surface area contributed by atoms with Crippen molar-refractivity contribution in [1.29, 1.82) is 0 Å². The van der Waals surface area contributed by atoms with Crippen molar-refractivity contribution in [2.75, 3.05) is 6.26 Å². The number of aromatic hydroxyl groups is 1. The van der Waals surface area contributed by atoms with Gasteiger partial charge in [-0.15, -0.1) is 0 Å². The van der Waals surface area contributed by atoms with Crippen LogP contribution in [0.4, 0.5) is 0 Å². The van der Waals surface area contributed by atoms with Crippen molar-refractivity contribution in [2.45, 2.75) is 5.03 Å². The second kappa shape index (κ2) is 2.92. The van der Waals surface area contributed by atoms with Gasteiger partial charge < -0.3 is 5.11 Å². The highest BCUT2D eigenvalue weighted by Crippen LogP contribution is 2.20. The van der Waals surface area contributed by atoms with Gasteiger partial charge in [0.05, 0.1) is 0 Å². The van der Waals surface area contributed by atoms with E-state index in [9.17, 15) is 5.11 Å². The van der Waals surface area contributed by atoms with E-state index in [0.29, 0.717) is 5.75 Å². The summed E-state index contributed by atoms with van der Waals surface area (Å²) in [5, 5.41) is 10.1. The fourth-order valence-corrected chi connectivity index (χ4v) is 1.46. The Bertz CT molecular complexity index is 217. The third-order valence-electron chi connectivity index (χ3n) is 1.30. The summed E-state index contributed by atoms with van der Waals surface area (Å²) in [6.45, 7) is 0. The Kier molecular flexibility index (Phi) is 2.17. The van der Waals surface area contributed by atoms with Crippen molar-refractivity contribution in [3.63, 3.8) is 0 Å². The lowest BCUT2D eigenvalue weighted by Crippen LogP contribution is -2.29. The quantitative estimate of drug-likeness (QED) is 0.483. The fourth-order valence-electron chi connectivity index (χ4n) is 0.832. The van der Waals surface area contributed by atoms with E-state index >= 15 is 0 Å². The maximum atomic E-state index is 9.25. The Hall–Kier alpha value is -0.700. The molecule has 0 unspecified atom stereocenters. The lowest BCUT2D eigenvalue weighted by atomic mass is 10.4. The molecule has 3 heteroatoms. The predicted molar refractivity (Wildman–Crippen MR) is 41.1 cm³/mol. The van der Waals surface area contributed by atoms with Crippen LogP contribution in [0.15, 0.2) is 23.4 Å². The monoisotopic (exact) mass is 156 g/mol. The van der Waals surface area contributed by atoms with Crippen LogP contribution in [-0.4, -0.2) is 11.4 Å². The first-order valence-electron chi connectivity index (χ1n) is 2.97. The zero-order chi connectivity index (χ0) is 7.56. The van der Waals surface area contributed by atoms with Crippen molar-refractivity contribution in [2.24, 2.45) is 7.05 Å². The first-order chi connectivity index (χ1) is 4.75. The minimum Gasteiger partial charge on any atom is -0.502 e. The Morgan fingerprint density at radius 3 is 2.70 bits per heavy atom. The van der Waals surface area contributed by atoms with Gasteiger partial charge in [-0.05, 0) is 12.3 Å². The van der Waals surface area contributed by atoms with E-state index in [1.54, 1.807) is 6.07 Å². The number of hydrogen-bond acceptors (Lipinski definition) is 2. The molecular formula is C7H10NOS+. The number of pyridine rings is 1. The standard InChI is InChI=1S/C7H9NOS/c1-8-5-3-4-6(9)7(8)10-2/h3-5H,1-2H3/p+1. The van der Waals surface area contributed by atoms with Crippen LogP contribution in [0.25, 0.3) is 0 Å². The van der Waals surface area contributed by atoms with Crippen LogP contribution in [0.2, 0.25) is 0 Å². The number of hydrogen-bond donors (Lipinski definition) is 1. The van der Waals surface area contributed by atoms with Crippen LogP contribution >= 0.6 is 11.8 Å². The minimum absolute atomic E-state index is 0.345. The third-order valence-corrected chi connectivity index (χ3v) is 2.18. The van der Waals surface area contributed by atoms with Gasteiger partial charge in [0.2, 0.25) is 0 Å². The predicted octanol–water partition coefficient (Wildman–Crippen LogP) is 0.939. The number of aromatic nitrogens is 1. The summed E-state index contributed by atoms with van der Waals surface area (Å²) in [6, 6.07) is 3.50. The average molecular weight is 156 g/mol. The van der Waals surface area contributed by atoms with Crippen LogP contribution in [0, 0.1) is 0 Å². The molecule has 0 fully saturated rings. The van der Waals surface area contributed by atoms with E-state index in [1.165, 1.54) is 11.8 Å². The highest BCUT2D eigenvalue weighted by atomic mass is 32.2. The Labute approximate surface area is 64.5 Å². The first-order valence-corrected chi connectivity index (χ1v) is 4.20. The number of thioether (sulfide) groups is 1. The maximum absolute atomic E-state index is 9.25. The summed E-state index contributed by atoms with van der Waals surface area (Å²) in [5.74, 6) is 0.345. The average Bonchev–Trinajstić information content (AvgIpc) is 1.88. The van der Waals surface area contributed by atoms with E-state index in [4.69, 9.17) is 0 Å². The minimum atomic E-state index is 0.345. The van der Waals surface area contributed by atoms with Crippen LogP contribution in [-0.2, 0) is 7.05 Å². The molecule has 1 aromatic rings. The molecule has 0 saturated heterocycles. The molecule has 54 valence electrons. The van der Waals surface area contributed by atoms with Gasteiger partial charge in [0.1, 0.15) is 7.05 Å². The van der Waals surface area contributed by atoms with E-state index in [-0.39, 0.29) is 0 Å². The Balaban J connectivity index is 3.17. The second-order valence-electron chi connectivity index (χ2n) is 2.01. The van der Waals surface area contributed by atoms with Crippen molar-refractivity contribution in [3.8, 4) is 5.75 Å². The number of rotatable bonds is 1. The molecule has 0 aromatic carbocycles. The molecular weight excluding hydrogens is 146 g/mol. The zero-order valence-electron chi connectivity index (χ0n) is 6.03. The maximum Gasteiger partial charge on any atom is 0.281 e. The van der Waals surface area contributed by atoms with Crippen LogP contribution in [0.3, 0.4) is 0 Å². The Morgan fingerprint density at radius 2 is 2.30 bits per heavy atom. The molecule has 0 spiro atoms. The summed E-state index contributed by atoms with van der Waals surface area (Å²) >= 11 is 1.53. The van der Waals surface area contributed by atoms with Crippen LogP contribution < -0.4 is 4.57 Å². The molecule has 1 aromatic heterocycles. The number of nitrogens with zero attached hydrogens (tertiary/aromatic N) is 1. The van der Waals surface area contributed by atoms with Gasteiger partial charge in [-0.25, -0.2) is 0 Å². The lowest BCUT2D eigenvalue weighted by Gasteiger charge is -1.96. The normalized spacial score (nSPS) is 9.80. The highest BCUT2D eigenvalue weighted by Gasteiger charge is 2.08. The van der Waals surface area contributed by atoms with Crippen LogP contribution in [0.1, 0.15) is 0 Å². The molecule has 0 bridgehead atoms. The molecule has 1 rings (SSSR count). The first kappa shape index (κ1) is 7.41. The molecule has 0 aliphatic rings. The molecule has 1 N–H and O–H groups in total. The molecule has 0 radical (unpaired) electrons. The van der Waals surface area contributed by atoms with Crippen molar-refractivity contribution in [1.82, 2.24) is 0 Å². The van der Waals surface area contributed by atoms with Gasteiger partial charge >= 0.3 is 0 Å².